The summed E-state index contributed by atoms with van der Waals surface area (Å²) in [5.41, 5.74) is 0.188. The first kappa shape index (κ1) is 25.1. The lowest BCUT2D eigenvalue weighted by Gasteiger charge is -2.48. The number of hydrogen-bond donors (Lipinski definition) is 1. The number of β-lactam (4-membered cyclic amide) rings is 1. The van der Waals surface area contributed by atoms with Gasteiger partial charge in [0.05, 0.1) is 0 Å². The van der Waals surface area contributed by atoms with Crippen LogP contribution in [-0.4, -0.2) is 58.5 Å². The first-order valence-electron chi connectivity index (χ1n) is 10.1. The molecule has 9 nitrogen and oxygen atoms in total. The predicted molar refractivity (Wildman–Crippen MR) is 119 cm³/mol. The van der Waals surface area contributed by atoms with Gasteiger partial charge in [0.25, 0.3) is 5.91 Å². The van der Waals surface area contributed by atoms with E-state index in [1.807, 2.05) is 33.5 Å². The van der Waals surface area contributed by atoms with Gasteiger partial charge in [-0.15, -0.1) is 0 Å². The number of nitrogens with zero attached hydrogens (tertiary/aromatic N) is 2. The van der Waals surface area contributed by atoms with Crippen LogP contribution in [0.3, 0.4) is 0 Å². The number of imide groups is 1. The molecular formula is C20H31N3O6SSi. The predicted octanol–water partition coefficient (Wildman–Crippen LogP) is 2.15. The average molecular weight is 470 g/mol. The molecule has 4 amide bonds. The molecule has 2 unspecified atom stereocenters. The van der Waals surface area contributed by atoms with Gasteiger partial charge in [-0.05, 0) is 56.4 Å². The molecule has 2 atom stereocenters. The Labute approximate surface area is 188 Å². The normalized spacial score (nSPS) is 23.3. The highest BCUT2D eigenvalue weighted by Crippen LogP contribution is 2.41. The van der Waals surface area contributed by atoms with E-state index in [4.69, 9.17) is 4.43 Å². The van der Waals surface area contributed by atoms with E-state index in [9.17, 15) is 24.0 Å². The van der Waals surface area contributed by atoms with Gasteiger partial charge in [-0.1, -0.05) is 13.8 Å². The van der Waals surface area contributed by atoms with Crippen LogP contribution in [0.5, 0.6) is 0 Å². The summed E-state index contributed by atoms with van der Waals surface area (Å²) in [5, 5.41) is 1.73. The standard InChI is InChI=1S/C20H31N3O6SSi/c1-11(2)16(19(28)29-31(6,7)8)22-17(27)15(21-12(3)24)18(22)30-23-13(25)9-20(4,5)10-14(23)26/h15,18H,9-10H2,1-8H3,(H,21,24). The van der Waals surface area contributed by atoms with Crippen LogP contribution in [0.2, 0.25) is 19.6 Å². The molecule has 0 aromatic heterocycles. The summed E-state index contributed by atoms with van der Waals surface area (Å²) in [7, 11) is -2.25. The first-order valence-corrected chi connectivity index (χ1v) is 14.3. The maximum absolute atomic E-state index is 12.9. The third-order valence-corrected chi connectivity index (χ3v) is 6.75. The van der Waals surface area contributed by atoms with Crippen LogP contribution in [0.1, 0.15) is 47.5 Å². The smallest absolute Gasteiger partial charge is 0.341 e. The van der Waals surface area contributed by atoms with Crippen molar-refractivity contribution in [3.05, 3.63) is 11.3 Å². The fraction of sp³-hybridized carbons (Fsp3) is 0.650. The summed E-state index contributed by atoms with van der Waals surface area (Å²) in [5.74, 6) is -2.28. The molecule has 1 N–H and O–H groups in total. The van der Waals surface area contributed by atoms with Gasteiger partial charge in [0, 0.05) is 19.8 Å². The topological polar surface area (TPSA) is 113 Å². The van der Waals surface area contributed by atoms with Crippen molar-refractivity contribution in [2.24, 2.45) is 5.41 Å². The molecule has 0 aromatic carbocycles. The molecule has 2 saturated heterocycles. The van der Waals surface area contributed by atoms with E-state index < -0.39 is 42.9 Å². The van der Waals surface area contributed by atoms with Crippen molar-refractivity contribution in [2.75, 3.05) is 0 Å². The summed E-state index contributed by atoms with van der Waals surface area (Å²) in [6.45, 7) is 13.9. The van der Waals surface area contributed by atoms with Crippen molar-refractivity contribution >= 4 is 49.9 Å². The van der Waals surface area contributed by atoms with E-state index in [0.717, 1.165) is 16.3 Å². The Hall–Kier alpha value is -2.14. The Kier molecular flexibility index (Phi) is 7.11. The number of nitrogens with one attached hydrogen (secondary N) is 1. The van der Waals surface area contributed by atoms with E-state index in [1.165, 1.54) is 11.8 Å². The third kappa shape index (κ3) is 5.76. The van der Waals surface area contributed by atoms with Gasteiger partial charge in [-0.25, -0.2) is 9.10 Å². The molecular weight excluding hydrogens is 438 g/mol. The van der Waals surface area contributed by atoms with Gasteiger partial charge in [0.2, 0.25) is 26.0 Å². The van der Waals surface area contributed by atoms with Crippen molar-refractivity contribution in [3.63, 3.8) is 0 Å². The Morgan fingerprint density at radius 2 is 1.58 bits per heavy atom. The molecule has 0 spiro atoms. The van der Waals surface area contributed by atoms with Crippen LogP contribution in [0.25, 0.3) is 0 Å². The average Bonchev–Trinajstić information content (AvgIpc) is 2.54. The number of hydrogen-bond acceptors (Lipinski definition) is 7. The minimum Gasteiger partial charge on any atom is -0.515 e. The molecule has 2 rings (SSSR count). The Balaban J connectivity index is 2.37. The third-order valence-electron chi connectivity index (χ3n) is 4.63. The van der Waals surface area contributed by atoms with Crippen LogP contribution in [0.15, 0.2) is 11.3 Å². The maximum atomic E-state index is 12.9. The van der Waals surface area contributed by atoms with Crippen molar-refractivity contribution < 1.29 is 28.4 Å². The van der Waals surface area contributed by atoms with Crippen LogP contribution in [0.4, 0.5) is 0 Å². The minimum atomic E-state index is -2.25. The van der Waals surface area contributed by atoms with E-state index >= 15 is 0 Å². The second kappa shape index (κ2) is 8.77. The Morgan fingerprint density at radius 3 is 2.00 bits per heavy atom. The fourth-order valence-corrected chi connectivity index (χ4v) is 5.26. The molecule has 0 saturated carbocycles. The Bertz CT molecular complexity index is 839. The summed E-state index contributed by atoms with van der Waals surface area (Å²) in [4.78, 5) is 63.9. The minimum absolute atomic E-state index is 0.0729. The summed E-state index contributed by atoms with van der Waals surface area (Å²) in [6, 6.07) is -0.966. The molecule has 0 aliphatic carbocycles. The summed E-state index contributed by atoms with van der Waals surface area (Å²) < 4.78 is 6.65. The molecule has 0 radical (unpaired) electrons. The number of amides is 4. The quantitative estimate of drug-likeness (QED) is 0.208. The van der Waals surface area contributed by atoms with Crippen molar-refractivity contribution in [1.29, 1.82) is 0 Å². The number of carbonyl (C=O) groups excluding carboxylic acids is 5. The van der Waals surface area contributed by atoms with Crippen molar-refractivity contribution in [2.45, 2.75) is 78.5 Å². The monoisotopic (exact) mass is 469 g/mol. The van der Waals surface area contributed by atoms with Gasteiger partial charge in [-0.2, -0.15) is 0 Å². The van der Waals surface area contributed by atoms with Gasteiger partial charge in [0.1, 0.15) is 17.1 Å². The molecule has 31 heavy (non-hydrogen) atoms. The number of rotatable bonds is 6. The first-order chi connectivity index (χ1) is 14.0. The van der Waals surface area contributed by atoms with Gasteiger partial charge in [0.15, 0.2) is 0 Å². The molecule has 2 aliphatic rings. The highest BCUT2D eigenvalue weighted by molar-refractivity contribution is 7.98. The maximum Gasteiger partial charge on any atom is 0.341 e. The zero-order valence-electron chi connectivity index (χ0n) is 19.3. The summed E-state index contributed by atoms with van der Waals surface area (Å²) >= 11 is 0.861. The lowest BCUT2D eigenvalue weighted by molar-refractivity contribution is -0.150. The van der Waals surface area contributed by atoms with E-state index in [1.54, 1.807) is 13.8 Å². The molecule has 2 heterocycles. The number of allylic oxidation sites excluding steroid dienone is 1. The second-order valence-electron chi connectivity index (χ2n) is 9.83. The largest absolute Gasteiger partial charge is 0.515 e. The number of piperidine rings is 1. The molecule has 2 aliphatic heterocycles. The van der Waals surface area contributed by atoms with Gasteiger partial charge < -0.3 is 9.74 Å². The highest BCUT2D eigenvalue weighted by Gasteiger charge is 2.54. The van der Waals surface area contributed by atoms with Crippen LogP contribution in [0, 0.1) is 5.41 Å². The van der Waals surface area contributed by atoms with E-state index in [-0.39, 0.29) is 30.4 Å². The van der Waals surface area contributed by atoms with Crippen LogP contribution >= 0.6 is 11.9 Å². The van der Waals surface area contributed by atoms with E-state index in [2.05, 4.69) is 5.32 Å². The van der Waals surface area contributed by atoms with Crippen molar-refractivity contribution in [1.82, 2.24) is 14.5 Å². The second-order valence-corrected chi connectivity index (χ2v) is 15.3. The number of carbonyl (C=O) groups is 5. The lowest BCUT2D eigenvalue weighted by atomic mass is 9.83. The molecule has 172 valence electrons. The molecule has 2 fully saturated rings. The molecule has 0 bridgehead atoms. The fourth-order valence-electron chi connectivity index (χ4n) is 3.42. The van der Waals surface area contributed by atoms with Crippen LogP contribution in [-0.2, 0) is 28.4 Å². The van der Waals surface area contributed by atoms with Crippen molar-refractivity contribution in [3.8, 4) is 0 Å². The van der Waals surface area contributed by atoms with Gasteiger partial charge >= 0.3 is 5.97 Å². The number of likely N-dealkylation sites (tertiary alicyclic amines) is 1. The SMILES string of the molecule is CC(=O)NC1C(=O)N(C(C(=O)O[Si](C)(C)C)=C(C)C)C1SN1C(=O)CC(C)(C)CC1=O. The summed E-state index contributed by atoms with van der Waals surface area (Å²) in [6.07, 6.45) is 0.370. The Morgan fingerprint density at radius 1 is 1.06 bits per heavy atom. The zero-order valence-corrected chi connectivity index (χ0v) is 21.1. The zero-order chi connectivity index (χ0) is 23.9. The molecule has 11 heteroatoms. The van der Waals surface area contributed by atoms with Gasteiger partial charge in [-0.3, -0.25) is 24.1 Å². The highest BCUT2D eigenvalue weighted by atomic mass is 32.2. The van der Waals surface area contributed by atoms with Crippen LogP contribution < -0.4 is 5.32 Å². The lowest BCUT2D eigenvalue weighted by Crippen LogP contribution is -2.70. The van der Waals surface area contributed by atoms with E-state index in [0.29, 0.717) is 5.57 Å². The molecule has 0 aromatic rings.